The molecule has 2 aliphatic heterocycles. The van der Waals surface area contributed by atoms with Crippen LogP contribution in [-0.2, 0) is 6.18 Å². The number of anilines is 1. The normalized spacial score (nSPS) is 18.3. The van der Waals surface area contributed by atoms with Crippen LogP contribution in [-0.4, -0.2) is 75.8 Å². The second kappa shape index (κ2) is 11.2. The van der Waals surface area contributed by atoms with E-state index < -0.39 is 11.7 Å². The van der Waals surface area contributed by atoms with E-state index in [0.29, 0.717) is 18.1 Å². The molecule has 11 heteroatoms. The highest BCUT2D eigenvalue weighted by Gasteiger charge is 2.30. The van der Waals surface area contributed by atoms with E-state index in [2.05, 4.69) is 20.1 Å². The highest BCUT2D eigenvalue weighted by Crippen LogP contribution is 2.32. The van der Waals surface area contributed by atoms with Gasteiger partial charge in [0.05, 0.1) is 15.8 Å². The molecule has 2 aliphatic rings. The van der Waals surface area contributed by atoms with Crippen molar-refractivity contribution in [3.05, 3.63) is 53.0 Å². The van der Waals surface area contributed by atoms with E-state index in [1.54, 1.807) is 0 Å². The highest BCUT2D eigenvalue weighted by atomic mass is 32.1. The van der Waals surface area contributed by atoms with Crippen LogP contribution in [0.3, 0.4) is 0 Å². The minimum Gasteiger partial charge on any atom is -0.490 e. The Hall–Kier alpha value is -2.32. The molecule has 2 aromatic carbocycles. The van der Waals surface area contributed by atoms with Gasteiger partial charge in [0.15, 0.2) is 5.01 Å². The molecule has 0 atom stereocenters. The molecule has 0 unspecified atom stereocenters. The van der Waals surface area contributed by atoms with E-state index in [1.165, 1.54) is 45.2 Å². The summed E-state index contributed by atoms with van der Waals surface area (Å²) >= 11 is 2.56. The van der Waals surface area contributed by atoms with E-state index in [0.717, 1.165) is 72.6 Å². The van der Waals surface area contributed by atoms with E-state index in [1.807, 2.05) is 18.2 Å². The topological polar surface area (TPSA) is 57.7 Å². The maximum atomic E-state index is 12.8. The van der Waals surface area contributed by atoms with E-state index in [-0.39, 0.29) is 18.1 Å². The lowest BCUT2D eigenvalue weighted by molar-refractivity contribution is -0.137. The minimum absolute atomic E-state index is 0.0236. The molecule has 1 N–H and O–H groups in total. The first-order chi connectivity index (χ1) is 17.8. The fourth-order valence-corrected chi connectivity index (χ4v) is 6.53. The van der Waals surface area contributed by atoms with E-state index in [9.17, 15) is 18.0 Å². The summed E-state index contributed by atoms with van der Waals surface area (Å²) in [6.45, 7) is 3.50. The molecule has 3 heterocycles. The number of nitrogens with one attached hydrogen (secondary N) is 1. The Morgan fingerprint density at radius 2 is 1.76 bits per heavy atom. The molecule has 196 valence electrons. The van der Waals surface area contributed by atoms with Crippen molar-refractivity contribution in [2.45, 2.75) is 44.0 Å². The van der Waals surface area contributed by atoms with Crippen molar-refractivity contribution in [2.24, 2.45) is 0 Å². The van der Waals surface area contributed by atoms with Crippen LogP contribution in [0.1, 0.15) is 41.0 Å². The van der Waals surface area contributed by atoms with Crippen molar-refractivity contribution in [1.82, 2.24) is 15.2 Å². The summed E-state index contributed by atoms with van der Waals surface area (Å²) in [5.41, 5.74) is 0.943. The lowest BCUT2D eigenvalue weighted by atomic mass is 10.1. The number of halogens is 3. The quantitative estimate of drug-likeness (QED) is 0.471. The Bertz CT molecular complexity index is 1220. The van der Waals surface area contributed by atoms with Crippen LogP contribution >= 0.6 is 11.3 Å². The number of piperidine rings is 2. The van der Waals surface area contributed by atoms with Gasteiger partial charge in [0.25, 0.3) is 5.91 Å². The third-order valence-corrected chi connectivity index (χ3v) is 9.14. The molecule has 1 aromatic heterocycles. The highest BCUT2D eigenvalue weighted by molar-refractivity contribution is 7.20. The Balaban J connectivity index is 1.15. The second-order valence-electron chi connectivity index (χ2n) is 9.68. The number of likely N-dealkylation sites (tertiary alicyclic amines) is 1. The van der Waals surface area contributed by atoms with Gasteiger partial charge >= 0.3 is 6.18 Å². The van der Waals surface area contributed by atoms with E-state index in [4.69, 9.17) is 4.74 Å². The molecule has 0 bridgehead atoms. The van der Waals surface area contributed by atoms with Crippen LogP contribution in [0.2, 0.25) is 0 Å². The SMILES string of the molecule is O=C(NC1CCN([CH2][AlH2])CC1)c1nc2ccc(OC3CCN(c4ccc(C(F)(F)F)cc4)CC3)cc2s1. The Kier molecular flexibility index (Phi) is 7.96. The summed E-state index contributed by atoms with van der Waals surface area (Å²) in [4.78, 5) is 21.9. The predicted octanol–water partition coefficient (Wildman–Crippen LogP) is 4.15. The van der Waals surface area contributed by atoms with Gasteiger partial charge in [-0.1, -0.05) is 5.41 Å². The molecule has 37 heavy (non-hydrogen) atoms. The van der Waals surface area contributed by atoms with Gasteiger partial charge in [-0.3, -0.25) is 4.79 Å². The van der Waals surface area contributed by atoms with Crippen LogP contribution < -0.4 is 15.0 Å². The standard InChI is InChI=1S/C26H28F3N4O2S.Al.2H/c1-32-12-8-18(9-13-32)30-24(34)25-31-22-7-6-21(16-23(22)36-25)35-20-10-14-33(15-11-20)19-4-2-17(3-5-19)26(27,28)29;;;/h2-7,16,18,20H,1,8-15H2,(H,30,34);;;. The molecule has 2 fully saturated rings. The number of thiazole rings is 1. The number of amides is 1. The fourth-order valence-electron chi connectivity index (χ4n) is 5.00. The van der Waals surface area contributed by atoms with Gasteiger partial charge in [0.1, 0.15) is 11.9 Å². The summed E-state index contributed by atoms with van der Waals surface area (Å²) in [7, 11) is 0. The number of benzene rings is 2. The van der Waals surface area contributed by atoms with Crippen molar-refractivity contribution in [3.63, 3.8) is 0 Å². The van der Waals surface area contributed by atoms with E-state index >= 15 is 0 Å². The molecule has 1 amide bonds. The zero-order chi connectivity index (χ0) is 26.0. The zero-order valence-electron chi connectivity index (χ0n) is 20.8. The maximum absolute atomic E-state index is 12.8. The minimum atomic E-state index is -4.32. The Labute approximate surface area is 226 Å². The average molecular weight is 547 g/mol. The Morgan fingerprint density at radius 1 is 1.05 bits per heavy atom. The van der Waals surface area contributed by atoms with Gasteiger partial charge < -0.3 is 19.9 Å². The molecule has 0 radical (unpaired) electrons. The largest absolute Gasteiger partial charge is 0.490 e. The second-order valence-corrected chi connectivity index (χ2v) is 11.3. The van der Waals surface area contributed by atoms with Crippen molar-refractivity contribution in [2.75, 3.05) is 36.5 Å². The Morgan fingerprint density at radius 3 is 2.41 bits per heavy atom. The molecule has 0 saturated carbocycles. The third-order valence-electron chi connectivity index (χ3n) is 7.23. The number of alkyl halides is 3. The van der Waals surface area contributed by atoms with Crippen molar-refractivity contribution >= 4 is 49.4 Å². The number of fused-ring (bicyclic) bond motifs is 1. The van der Waals surface area contributed by atoms with Gasteiger partial charge in [0.2, 0.25) is 16.3 Å². The number of nitrogens with zero attached hydrogens (tertiary/aromatic N) is 3. The first-order valence-corrected chi connectivity index (χ1v) is 15.0. The number of ether oxygens (including phenoxy) is 1. The van der Waals surface area contributed by atoms with Crippen LogP contribution in [0, 0.1) is 0 Å². The molecular formula is C26H30AlF3N4O2S. The molecule has 5 rings (SSSR count). The number of carbonyl (C=O) groups excluding carboxylic acids is 1. The summed E-state index contributed by atoms with van der Waals surface area (Å²) in [6.07, 6.45) is -0.793. The number of hydrogen-bond donors (Lipinski definition) is 1. The molecule has 3 aromatic rings. The fraction of sp³-hybridized carbons (Fsp3) is 0.462. The number of hydrogen-bond acceptors (Lipinski definition) is 6. The van der Waals surface area contributed by atoms with Crippen LogP contribution in [0.4, 0.5) is 18.9 Å². The van der Waals surface area contributed by atoms with Crippen molar-refractivity contribution in [1.29, 1.82) is 0 Å². The molecule has 6 nitrogen and oxygen atoms in total. The molecular weight excluding hydrogens is 516 g/mol. The first-order valence-electron chi connectivity index (χ1n) is 12.8. The molecule has 0 aliphatic carbocycles. The summed E-state index contributed by atoms with van der Waals surface area (Å²) in [5, 5.41) is 4.81. The first kappa shape index (κ1) is 26.3. The van der Waals surface area contributed by atoms with Gasteiger partial charge in [-0.05, 0) is 68.4 Å². The number of rotatable bonds is 6. The monoisotopic (exact) mass is 546 g/mol. The number of aromatic nitrogens is 1. The van der Waals surface area contributed by atoms with Gasteiger partial charge in [0, 0.05) is 37.7 Å². The summed E-state index contributed by atoms with van der Waals surface area (Å²) in [6, 6.07) is 11.2. The van der Waals surface area contributed by atoms with Gasteiger partial charge in [-0.15, -0.1) is 11.3 Å². The summed E-state index contributed by atoms with van der Waals surface area (Å²) in [5.74, 6) is 0.634. The smallest absolute Gasteiger partial charge is 0.416 e. The lowest BCUT2D eigenvalue weighted by Gasteiger charge is -2.33. The van der Waals surface area contributed by atoms with Gasteiger partial charge in [-0.2, -0.15) is 13.2 Å². The molecule has 2 saturated heterocycles. The van der Waals surface area contributed by atoms with Crippen molar-refractivity contribution < 1.29 is 22.7 Å². The molecule has 0 spiro atoms. The summed E-state index contributed by atoms with van der Waals surface area (Å²) < 4.78 is 45.6. The zero-order valence-corrected chi connectivity index (χ0v) is 23.6. The van der Waals surface area contributed by atoms with Crippen molar-refractivity contribution in [3.8, 4) is 5.75 Å². The van der Waals surface area contributed by atoms with Crippen LogP contribution in [0.5, 0.6) is 5.75 Å². The van der Waals surface area contributed by atoms with Crippen LogP contribution in [0.15, 0.2) is 42.5 Å². The van der Waals surface area contributed by atoms with Crippen LogP contribution in [0.25, 0.3) is 10.2 Å². The average Bonchev–Trinajstić information content (AvgIpc) is 3.33. The maximum Gasteiger partial charge on any atom is 0.416 e. The third kappa shape index (κ3) is 6.40. The lowest BCUT2D eigenvalue weighted by Crippen LogP contribution is -2.44. The predicted molar refractivity (Wildman–Crippen MR) is 142 cm³/mol. The van der Waals surface area contributed by atoms with Gasteiger partial charge in [-0.25, -0.2) is 4.98 Å². The number of carbonyl (C=O) groups is 1.